The normalized spacial score (nSPS) is 14.8. The molecule has 1 unspecified atom stereocenters. The van der Waals surface area contributed by atoms with Crippen molar-refractivity contribution < 1.29 is 0 Å². The number of hydrogen-bond donors (Lipinski definition) is 0. The molecule has 0 saturated heterocycles. The zero-order valence-corrected chi connectivity index (χ0v) is 92.6. The lowest BCUT2D eigenvalue weighted by Gasteiger charge is -2.28. The molecule has 0 amide bonds. The molecule has 0 spiro atoms. The first-order valence-electron chi connectivity index (χ1n) is 52.4. The quantitative estimate of drug-likeness (QED) is 0.0655. The summed E-state index contributed by atoms with van der Waals surface area (Å²) in [5.41, 5.74) is 2.46. The smallest absolute Gasteiger partial charge is 0.0354 e. The van der Waals surface area contributed by atoms with Crippen LogP contribution in [0.2, 0.25) is 0 Å². The van der Waals surface area contributed by atoms with Gasteiger partial charge in [0.2, 0.25) is 0 Å². The van der Waals surface area contributed by atoms with Crippen LogP contribution < -0.4 is 0 Å². The second-order valence-corrected chi connectivity index (χ2v) is 41.9. The molecule has 0 heteroatoms. The molecule has 3 rings (SSSR count). The summed E-state index contributed by atoms with van der Waals surface area (Å²) in [6.07, 6.45) is 65.1. The van der Waals surface area contributed by atoms with Crippen LogP contribution in [0.15, 0.2) is 0 Å². The Labute approximate surface area is 737 Å². The summed E-state index contributed by atoms with van der Waals surface area (Å²) in [4.78, 5) is 0. The van der Waals surface area contributed by atoms with E-state index < -0.39 is 0 Å². The summed E-state index contributed by atoms with van der Waals surface area (Å²) in [5, 5.41) is 0. The maximum atomic E-state index is 2.38. The van der Waals surface area contributed by atoms with E-state index in [4.69, 9.17) is 0 Å². The Morgan fingerprint density at radius 2 is 0.451 bits per heavy atom. The minimum Gasteiger partial charge on any atom is -0.0656 e. The Hall–Kier alpha value is 0. The standard InChI is InChI=1S/2C8H16.C7H14.5C7H16.4C6H14.4C5H12.2C4H10.C3H8/c1-7-3-5-8(2)6-4-7;1-8(2)6-4-3-5-7-8;1-7(2)5-3-4-6-7;1-5-7(3,4)6-2;1-4-5-6-7(2)3;2*1-4-6-7(3)5-2;1-3-5-7-6-4-2;2*1-4-5-6(2)3;1-4-6(3)5-2;1-3-5-6-4-2;1-5(2,3)4;2*1-4-5(2)3;1-3-5-4-2;1-4(2)3;1-3-4-2;1-3-2/h7-8H,3-6H2,1-2H3;3-7H2,1-2H3;3-6H2,1-2H3;5-6H2,1-4H3;3*7H,4-6H2,1-3H3;3-7H2,1-2H3;3*6H,4-5H2,1-3H3;3-6H2,1-2H3;1-4H3;2*5H,4H2,1-3H3;3-5H2,1-2H3;4H,1-3H3;3-4H2,1-2H3;3H2,1-2H3/t;;;;;7-;;;;;;;;;;;;;/m.....0............./s1. The molecule has 0 aromatic rings. The van der Waals surface area contributed by atoms with E-state index in [0.29, 0.717) is 21.7 Å². The highest BCUT2D eigenvalue weighted by atomic mass is 14.3. The summed E-state index contributed by atoms with van der Waals surface area (Å²) in [6.45, 7) is 114. The second-order valence-electron chi connectivity index (χ2n) is 41.9. The molecular formula is C113H258. The van der Waals surface area contributed by atoms with Crippen LogP contribution in [0.25, 0.3) is 0 Å². The topological polar surface area (TPSA) is 0 Å². The van der Waals surface area contributed by atoms with Crippen molar-refractivity contribution in [3.8, 4) is 0 Å². The summed E-state index contributed by atoms with van der Waals surface area (Å²) in [7, 11) is 0. The van der Waals surface area contributed by atoms with Crippen LogP contribution in [-0.2, 0) is 0 Å². The van der Waals surface area contributed by atoms with Gasteiger partial charge in [0.25, 0.3) is 0 Å². The first-order valence-corrected chi connectivity index (χ1v) is 52.4. The minimum absolute atomic E-state index is 0.500. The predicted octanol–water partition coefficient (Wildman–Crippen LogP) is 45.9. The van der Waals surface area contributed by atoms with Gasteiger partial charge in [-0.1, -0.05) is 629 Å². The van der Waals surface area contributed by atoms with Gasteiger partial charge in [0.05, 0.1) is 0 Å². The number of unbranched alkanes of at least 4 members (excludes halogenated alkanes) is 11. The lowest BCUT2D eigenvalue weighted by atomic mass is 9.78. The van der Waals surface area contributed by atoms with Crippen LogP contribution in [0.1, 0.15) is 655 Å². The van der Waals surface area contributed by atoms with Crippen molar-refractivity contribution in [3.05, 3.63) is 0 Å². The fourth-order valence-corrected chi connectivity index (χ4v) is 9.50. The van der Waals surface area contributed by atoms with Crippen LogP contribution in [0.3, 0.4) is 0 Å². The van der Waals surface area contributed by atoms with Gasteiger partial charge in [-0.3, -0.25) is 0 Å². The zero-order chi connectivity index (χ0) is 92.6. The van der Waals surface area contributed by atoms with Crippen LogP contribution in [0.4, 0.5) is 0 Å². The molecule has 0 aromatic heterocycles. The second kappa shape index (κ2) is 128. The molecule has 3 saturated carbocycles. The third kappa shape index (κ3) is 254. The molecule has 0 radical (unpaired) electrons. The van der Waals surface area contributed by atoms with E-state index in [0.717, 1.165) is 65.1 Å². The van der Waals surface area contributed by atoms with Crippen LogP contribution in [0, 0.1) is 86.8 Å². The number of hydrogen-bond acceptors (Lipinski definition) is 0. The molecule has 0 bridgehead atoms. The molecule has 2 atom stereocenters. The molecule has 3 aliphatic carbocycles. The van der Waals surface area contributed by atoms with Gasteiger partial charge in [-0.15, -0.1) is 0 Å². The monoisotopic (exact) mass is 1620 g/mol. The van der Waals surface area contributed by atoms with Crippen molar-refractivity contribution >= 4 is 0 Å². The Balaban J connectivity index is -0.0000000630. The SMILES string of the molecule is CC(C)(C)C.CC(C)C.CC1(C)CCCC1.CC1(C)CCCCC1.CC1CCC(C)CC1.CCC.CCC(C)(C)CC.CCC(C)C.CCC(C)C.CCC(C)CC.CCCC.CCCC(C)C.CCCC(C)C.CCCC(C)CC.CCCCC.CCCCC(C)C.CCCCCC.CCCCCCC.CCC[C@@H](C)CC. The highest BCUT2D eigenvalue weighted by Gasteiger charge is 2.22. The summed E-state index contributed by atoms with van der Waals surface area (Å²) < 4.78 is 0. The van der Waals surface area contributed by atoms with Gasteiger partial charge in [0, 0.05) is 0 Å². The van der Waals surface area contributed by atoms with E-state index in [1.165, 1.54) is 302 Å². The van der Waals surface area contributed by atoms with E-state index in [-0.39, 0.29) is 0 Å². The van der Waals surface area contributed by atoms with Gasteiger partial charge in [-0.05, 0) is 112 Å². The van der Waals surface area contributed by atoms with Crippen LogP contribution in [0.5, 0.6) is 0 Å². The highest BCUT2D eigenvalue weighted by molar-refractivity contribution is 4.75. The first kappa shape index (κ1) is 151. The average Bonchev–Trinajstić information content (AvgIpc) is 1.89. The fraction of sp³-hybridized carbons (Fsp3) is 1.00. The number of rotatable bonds is 29. The molecule has 3 aliphatic rings. The van der Waals surface area contributed by atoms with Gasteiger partial charge in [0.15, 0.2) is 0 Å². The van der Waals surface area contributed by atoms with Crippen LogP contribution >= 0.6 is 0 Å². The molecule has 0 aliphatic heterocycles. The molecule has 113 heavy (non-hydrogen) atoms. The third-order valence-electron chi connectivity index (χ3n) is 20.6. The van der Waals surface area contributed by atoms with E-state index >= 15 is 0 Å². The molecule has 0 N–H and O–H groups in total. The molecule has 710 valence electrons. The maximum Gasteiger partial charge on any atom is -0.0354 e. The van der Waals surface area contributed by atoms with Gasteiger partial charge in [-0.25, -0.2) is 0 Å². The fourth-order valence-electron chi connectivity index (χ4n) is 9.50. The van der Waals surface area contributed by atoms with Gasteiger partial charge >= 0.3 is 0 Å². The van der Waals surface area contributed by atoms with E-state index in [2.05, 4.69) is 353 Å². The summed E-state index contributed by atoms with van der Waals surface area (Å²) in [5.74, 6) is 10.2. The molecule has 3 fully saturated rings. The summed E-state index contributed by atoms with van der Waals surface area (Å²) in [6, 6.07) is 0. The zero-order valence-electron chi connectivity index (χ0n) is 92.6. The van der Waals surface area contributed by atoms with Crippen molar-refractivity contribution in [1.29, 1.82) is 0 Å². The lowest BCUT2D eigenvalue weighted by Crippen LogP contribution is -2.14. The Morgan fingerprint density at radius 1 is 0.248 bits per heavy atom. The van der Waals surface area contributed by atoms with Gasteiger partial charge < -0.3 is 0 Å². The average molecular weight is 1620 g/mol. The van der Waals surface area contributed by atoms with Gasteiger partial charge in [0.1, 0.15) is 0 Å². The Kier molecular flexibility index (Phi) is 170. The highest BCUT2D eigenvalue weighted by Crippen LogP contribution is 2.36. The van der Waals surface area contributed by atoms with Crippen molar-refractivity contribution in [1.82, 2.24) is 0 Å². The van der Waals surface area contributed by atoms with E-state index in [1.807, 2.05) is 0 Å². The van der Waals surface area contributed by atoms with Crippen molar-refractivity contribution in [2.75, 3.05) is 0 Å². The van der Waals surface area contributed by atoms with Crippen molar-refractivity contribution in [3.63, 3.8) is 0 Å². The molecule has 0 heterocycles. The summed E-state index contributed by atoms with van der Waals surface area (Å²) >= 11 is 0. The molecular weight excluding hydrogens is 1360 g/mol. The molecule has 0 aromatic carbocycles. The third-order valence-corrected chi connectivity index (χ3v) is 20.6. The van der Waals surface area contributed by atoms with E-state index in [9.17, 15) is 0 Å². The largest absolute Gasteiger partial charge is 0.0656 e. The minimum atomic E-state index is 0.500. The molecule has 0 nitrogen and oxygen atoms in total. The Morgan fingerprint density at radius 3 is 0.531 bits per heavy atom. The first-order chi connectivity index (χ1) is 52.4. The van der Waals surface area contributed by atoms with Crippen molar-refractivity contribution in [2.24, 2.45) is 86.8 Å². The lowest BCUT2D eigenvalue weighted by molar-refractivity contribution is 0.244. The van der Waals surface area contributed by atoms with Crippen LogP contribution in [-0.4, -0.2) is 0 Å². The predicted molar refractivity (Wildman–Crippen MR) is 554 cm³/mol. The van der Waals surface area contributed by atoms with Crippen molar-refractivity contribution in [2.45, 2.75) is 655 Å². The van der Waals surface area contributed by atoms with E-state index in [1.54, 1.807) is 0 Å². The van der Waals surface area contributed by atoms with Gasteiger partial charge in [-0.2, -0.15) is 0 Å². The Bertz CT molecular complexity index is 1260. The maximum absolute atomic E-state index is 2.38.